The third-order valence-corrected chi connectivity index (χ3v) is 3.28. The van der Waals surface area contributed by atoms with Gasteiger partial charge in [0.05, 0.1) is 17.9 Å². The molecule has 0 spiro atoms. The summed E-state index contributed by atoms with van der Waals surface area (Å²) < 4.78 is 0. The summed E-state index contributed by atoms with van der Waals surface area (Å²) in [6, 6.07) is -0.0854. The summed E-state index contributed by atoms with van der Waals surface area (Å²) in [5.41, 5.74) is 5.64. The summed E-state index contributed by atoms with van der Waals surface area (Å²) in [5, 5.41) is 0. The van der Waals surface area contributed by atoms with Gasteiger partial charge in [-0.15, -0.1) is 0 Å². The Kier molecular flexibility index (Phi) is 2.54. The van der Waals surface area contributed by atoms with Crippen LogP contribution in [0.3, 0.4) is 0 Å². The van der Waals surface area contributed by atoms with E-state index in [2.05, 4.69) is 13.8 Å². The number of fused-ring (bicyclic) bond motifs is 1. The molecule has 2 rings (SSSR count). The number of hydrogen-bond acceptors (Lipinski definition) is 3. The SMILES string of the molecule is CC(C)CC(CN)N1C(=O)C2CC2C1=O. The van der Waals surface area contributed by atoms with Gasteiger partial charge < -0.3 is 5.73 Å². The van der Waals surface area contributed by atoms with Gasteiger partial charge in [0.2, 0.25) is 11.8 Å². The van der Waals surface area contributed by atoms with Gasteiger partial charge in [-0.25, -0.2) is 0 Å². The lowest BCUT2D eigenvalue weighted by Gasteiger charge is -2.27. The topological polar surface area (TPSA) is 63.4 Å². The van der Waals surface area contributed by atoms with Crippen LogP contribution in [0.4, 0.5) is 0 Å². The molecule has 4 nitrogen and oxygen atoms in total. The van der Waals surface area contributed by atoms with Crippen LogP contribution < -0.4 is 5.73 Å². The molecular weight excluding hydrogens is 192 g/mol. The molecule has 4 heteroatoms. The molecule has 1 heterocycles. The Balaban J connectivity index is 2.08. The zero-order valence-corrected chi connectivity index (χ0v) is 9.27. The van der Waals surface area contributed by atoms with Crippen molar-refractivity contribution in [3.8, 4) is 0 Å². The number of piperidine rings is 1. The molecule has 3 atom stereocenters. The molecule has 0 aromatic carbocycles. The summed E-state index contributed by atoms with van der Waals surface area (Å²) in [5.74, 6) is 0.482. The fraction of sp³-hybridized carbons (Fsp3) is 0.818. The minimum absolute atomic E-state index is 0.00119. The standard InChI is InChI=1S/C11H18N2O2/c1-6(2)3-7(5-12)13-10(14)8-4-9(8)11(13)15/h6-9H,3-5,12H2,1-2H3. The maximum absolute atomic E-state index is 11.8. The fourth-order valence-corrected chi connectivity index (χ4v) is 2.42. The van der Waals surface area contributed by atoms with Gasteiger partial charge in [0.25, 0.3) is 0 Å². The van der Waals surface area contributed by atoms with Crippen LogP contribution in [0.2, 0.25) is 0 Å². The van der Waals surface area contributed by atoms with Gasteiger partial charge in [-0.1, -0.05) is 13.8 Å². The normalized spacial score (nSPS) is 31.1. The molecule has 3 unspecified atom stereocenters. The van der Waals surface area contributed by atoms with Crippen LogP contribution in [0.1, 0.15) is 26.7 Å². The molecule has 1 aliphatic carbocycles. The highest BCUT2D eigenvalue weighted by Crippen LogP contribution is 2.47. The van der Waals surface area contributed by atoms with Crippen molar-refractivity contribution in [2.24, 2.45) is 23.5 Å². The molecule has 2 N–H and O–H groups in total. The van der Waals surface area contributed by atoms with Gasteiger partial charge in [0, 0.05) is 6.54 Å². The van der Waals surface area contributed by atoms with Gasteiger partial charge in [-0.05, 0) is 18.8 Å². The van der Waals surface area contributed by atoms with Crippen molar-refractivity contribution in [1.82, 2.24) is 4.90 Å². The molecule has 15 heavy (non-hydrogen) atoms. The Morgan fingerprint density at radius 2 is 1.87 bits per heavy atom. The van der Waals surface area contributed by atoms with E-state index in [9.17, 15) is 9.59 Å². The molecule has 2 amide bonds. The lowest BCUT2D eigenvalue weighted by molar-refractivity contribution is -0.144. The van der Waals surface area contributed by atoms with Crippen LogP contribution in [0.5, 0.6) is 0 Å². The Bertz CT molecular complexity index is 281. The van der Waals surface area contributed by atoms with E-state index in [0.717, 1.165) is 12.8 Å². The van der Waals surface area contributed by atoms with Crippen molar-refractivity contribution in [2.45, 2.75) is 32.7 Å². The van der Waals surface area contributed by atoms with E-state index in [1.165, 1.54) is 4.90 Å². The van der Waals surface area contributed by atoms with Crippen LogP contribution >= 0.6 is 0 Å². The minimum Gasteiger partial charge on any atom is -0.328 e. The quantitative estimate of drug-likeness (QED) is 0.682. The lowest BCUT2D eigenvalue weighted by Crippen LogP contribution is -2.46. The van der Waals surface area contributed by atoms with Crippen LogP contribution in [0.15, 0.2) is 0 Å². The van der Waals surface area contributed by atoms with Crippen LogP contribution in [0.25, 0.3) is 0 Å². The molecule has 0 radical (unpaired) electrons. The second-order valence-electron chi connectivity index (χ2n) is 5.01. The maximum Gasteiger partial charge on any atom is 0.233 e. The van der Waals surface area contributed by atoms with Crippen LogP contribution in [-0.4, -0.2) is 29.3 Å². The smallest absolute Gasteiger partial charge is 0.233 e. The van der Waals surface area contributed by atoms with Crippen molar-refractivity contribution >= 4 is 11.8 Å². The number of rotatable bonds is 4. The van der Waals surface area contributed by atoms with Gasteiger partial charge in [0.1, 0.15) is 0 Å². The number of imide groups is 1. The first kappa shape index (κ1) is 10.6. The molecule has 1 saturated heterocycles. The van der Waals surface area contributed by atoms with Crippen LogP contribution in [-0.2, 0) is 9.59 Å². The number of hydrogen-bond donors (Lipinski definition) is 1. The minimum atomic E-state index is -0.0854. The first-order valence-corrected chi connectivity index (χ1v) is 5.63. The first-order valence-electron chi connectivity index (χ1n) is 5.63. The second-order valence-corrected chi connectivity index (χ2v) is 5.01. The van der Waals surface area contributed by atoms with Gasteiger partial charge in [-0.2, -0.15) is 0 Å². The highest BCUT2D eigenvalue weighted by molar-refractivity contribution is 6.09. The Hall–Kier alpha value is -0.900. The number of nitrogens with zero attached hydrogens (tertiary/aromatic N) is 1. The molecule has 1 saturated carbocycles. The van der Waals surface area contributed by atoms with Crippen LogP contribution in [0, 0.1) is 17.8 Å². The average molecular weight is 210 g/mol. The summed E-state index contributed by atoms with van der Waals surface area (Å²) in [7, 11) is 0. The molecular formula is C11H18N2O2. The Morgan fingerprint density at radius 3 is 2.27 bits per heavy atom. The summed E-state index contributed by atoms with van der Waals surface area (Å²) in [4.78, 5) is 25.0. The summed E-state index contributed by atoms with van der Waals surface area (Å²) in [6.45, 7) is 4.54. The van der Waals surface area contributed by atoms with E-state index in [-0.39, 0.29) is 29.7 Å². The van der Waals surface area contributed by atoms with Crippen molar-refractivity contribution < 1.29 is 9.59 Å². The van der Waals surface area contributed by atoms with Gasteiger partial charge in [-0.3, -0.25) is 14.5 Å². The monoisotopic (exact) mass is 210 g/mol. The van der Waals surface area contributed by atoms with E-state index in [0.29, 0.717) is 12.5 Å². The third-order valence-electron chi connectivity index (χ3n) is 3.28. The highest BCUT2D eigenvalue weighted by atomic mass is 16.2. The predicted molar refractivity (Wildman–Crippen MR) is 55.7 cm³/mol. The van der Waals surface area contributed by atoms with Gasteiger partial charge >= 0.3 is 0 Å². The second kappa shape index (κ2) is 3.59. The zero-order chi connectivity index (χ0) is 11.2. The lowest BCUT2D eigenvalue weighted by atomic mass is 10.0. The average Bonchev–Trinajstić information content (AvgIpc) is 2.90. The first-order chi connectivity index (χ1) is 7.06. The molecule has 0 bridgehead atoms. The molecule has 0 aromatic rings. The van der Waals surface area contributed by atoms with Crippen molar-refractivity contribution in [2.75, 3.05) is 6.54 Å². The van der Waals surface area contributed by atoms with E-state index in [4.69, 9.17) is 5.73 Å². The van der Waals surface area contributed by atoms with Crippen molar-refractivity contribution in [3.05, 3.63) is 0 Å². The Morgan fingerprint density at radius 1 is 1.33 bits per heavy atom. The molecule has 0 aromatic heterocycles. The number of carbonyl (C=O) groups excluding carboxylic acids is 2. The van der Waals surface area contributed by atoms with E-state index >= 15 is 0 Å². The van der Waals surface area contributed by atoms with E-state index < -0.39 is 0 Å². The predicted octanol–water partition coefficient (Wildman–Crippen LogP) is 0.365. The molecule has 84 valence electrons. The summed E-state index contributed by atoms with van der Waals surface area (Å²) >= 11 is 0. The van der Waals surface area contributed by atoms with Gasteiger partial charge in [0.15, 0.2) is 0 Å². The maximum atomic E-state index is 11.8. The van der Waals surface area contributed by atoms with Crippen molar-refractivity contribution in [3.63, 3.8) is 0 Å². The van der Waals surface area contributed by atoms with E-state index in [1.807, 2.05) is 0 Å². The molecule has 1 aliphatic heterocycles. The molecule has 2 fully saturated rings. The number of carbonyl (C=O) groups is 2. The number of nitrogens with two attached hydrogens (primary N) is 1. The molecule has 2 aliphatic rings. The summed E-state index contributed by atoms with van der Waals surface area (Å²) in [6.07, 6.45) is 1.58. The highest BCUT2D eigenvalue weighted by Gasteiger charge is 2.59. The zero-order valence-electron chi connectivity index (χ0n) is 9.27. The fourth-order valence-electron chi connectivity index (χ4n) is 2.42. The Labute approximate surface area is 89.8 Å². The number of likely N-dealkylation sites (tertiary alicyclic amines) is 1. The largest absolute Gasteiger partial charge is 0.328 e. The number of amides is 2. The third kappa shape index (κ3) is 1.67. The van der Waals surface area contributed by atoms with Crippen molar-refractivity contribution in [1.29, 1.82) is 0 Å². The van der Waals surface area contributed by atoms with E-state index in [1.54, 1.807) is 0 Å².